The minimum Gasteiger partial charge on any atom is -0.480 e. The molecule has 8 heteroatoms. The van der Waals surface area contributed by atoms with Gasteiger partial charge in [-0.15, -0.1) is 0 Å². The number of ether oxygens (including phenoxy) is 1. The predicted molar refractivity (Wildman–Crippen MR) is 68.4 cm³/mol. The molecule has 20 heavy (non-hydrogen) atoms. The van der Waals surface area contributed by atoms with Crippen molar-refractivity contribution in [2.24, 2.45) is 7.05 Å². The first-order chi connectivity index (χ1) is 9.42. The van der Waals surface area contributed by atoms with Gasteiger partial charge in [-0.1, -0.05) is 0 Å². The van der Waals surface area contributed by atoms with Crippen molar-refractivity contribution in [1.29, 1.82) is 0 Å². The van der Waals surface area contributed by atoms with Crippen molar-refractivity contribution in [3.63, 3.8) is 0 Å². The van der Waals surface area contributed by atoms with E-state index < -0.39 is 30.3 Å². The number of hydrogen-bond donors (Lipinski definition) is 2. The predicted octanol–water partition coefficient (Wildman–Crippen LogP) is -0.434. The number of aryl methyl sites for hydroxylation is 1. The highest BCUT2D eigenvalue weighted by Gasteiger charge is 2.22. The van der Waals surface area contributed by atoms with Crippen molar-refractivity contribution >= 4 is 23.9 Å². The second-order valence-electron chi connectivity index (χ2n) is 3.96. The third kappa shape index (κ3) is 4.92. The summed E-state index contributed by atoms with van der Waals surface area (Å²) in [4.78, 5) is 33.5. The average Bonchev–Trinajstić information content (AvgIpc) is 2.81. The molecule has 0 aromatic carbocycles. The fourth-order valence-corrected chi connectivity index (χ4v) is 1.37. The van der Waals surface area contributed by atoms with Crippen molar-refractivity contribution in [3.05, 3.63) is 24.0 Å². The van der Waals surface area contributed by atoms with Crippen LogP contribution in [0.3, 0.4) is 0 Å². The first-order valence-corrected chi connectivity index (χ1v) is 5.69. The zero-order valence-corrected chi connectivity index (χ0v) is 11.1. The van der Waals surface area contributed by atoms with E-state index in [9.17, 15) is 14.4 Å². The maximum atomic E-state index is 11.6. The van der Waals surface area contributed by atoms with Gasteiger partial charge in [0.15, 0.2) is 0 Å². The van der Waals surface area contributed by atoms with Gasteiger partial charge in [0.1, 0.15) is 6.04 Å². The van der Waals surface area contributed by atoms with E-state index in [2.05, 4.69) is 15.2 Å². The number of esters is 1. The van der Waals surface area contributed by atoms with E-state index in [-0.39, 0.29) is 0 Å². The van der Waals surface area contributed by atoms with Crippen LogP contribution in [0.5, 0.6) is 0 Å². The summed E-state index contributed by atoms with van der Waals surface area (Å²) < 4.78 is 5.93. The van der Waals surface area contributed by atoms with Crippen molar-refractivity contribution < 1.29 is 24.2 Å². The van der Waals surface area contributed by atoms with E-state index in [1.165, 1.54) is 12.2 Å². The van der Waals surface area contributed by atoms with Crippen LogP contribution in [0.25, 0.3) is 6.08 Å². The molecule has 0 aliphatic carbocycles. The molecule has 0 fully saturated rings. The summed E-state index contributed by atoms with van der Waals surface area (Å²) >= 11 is 0. The Morgan fingerprint density at radius 3 is 2.75 bits per heavy atom. The monoisotopic (exact) mass is 281 g/mol. The molecule has 0 spiro atoms. The van der Waals surface area contributed by atoms with Gasteiger partial charge in [-0.3, -0.25) is 14.3 Å². The van der Waals surface area contributed by atoms with E-state index >= 15 is 0 Å². The molecular weight excluding hydrogens is 266 g/mol. The minimum absolute atomic E-state index is 0.432. The maximum Gasteiger partial charge on any atom is 0.326 e. The zero-order valence-electron chi connectivity index (χ0n) is 11.1. The molecule has 8 nitrogen and oxygen atoms in total. The molecule has 1 rings (SSSR count). The van der Waals surface area contributed by atoms with Gasteiger partial charge in [0.25, 0.3) is 0 Å². The van der Waals surface area contributed by atoms with Gasteiger partial charge in [-0.25, -0.2) is 4.79 Å². The molecule has 1 atom stereocenters. The standard InChI is InChI=1S/C12H15N3O5/c1-15-7-8(6-13-15)3-4-10(16)14-9(12(18)19)5-11(17)20-2/h3-4,6-7,9H,5H2,1-2H3,(H,14,16)(H,18,19)/t9-/m0/s1. The fourth-order valence-electron chi connectivity index (χ4n) is 1.37. The fraction of sp³-hybridized carbons (Fsp3) is 0.333. The number of methoxy groups -OCH3 is 1. The summed E-state index contributed by atoms with van der Waals surface area (Å²) in [5, 5.41) is 15.0. The molecule has 0 saturated carbocycles. The molecule has 0 aliphatic heterocycles. The number of carbonyl (C=O) groups is 3. The van der Waals surface area contributed by atoms with Crippen LogP contribution in [-0.4, -0.2) is 45.9 Å². The second kappa shape index (κ2) is 7.07. The lowest BCUT2D eigenvalue weighted by molar-refractivity contribution is -0.148. The van der Waals surface area contributed by atoms with E-state index in [1.807, 2.05) is 0 Å². The lowest BCUT2D eigenvalue weighted by Crippen LogP contribution is -2.41. The number of nitrogens with zero attached hydrogens (tertiary/aromatic N) is 2. The largest absolute Gasteiger partial charge is 0.480 e. The molecule has 1 aromatic heterocycles. The Bertz CT molecular complexity index is 535. The molecule has 0 bridgehead atoms. The molecule has 108 valence electrons. The number of rotatable bonds is 6. The van der Waals surface area contributed by atoms with Crippen LogP contribution >= 0.6 is 0 Å². The molecule has 0 radical (unpaired) electrons. The summed E-state index contributed by atoms with van der Waals surface area (Å²) in [6, 6.07) is -1.33. The Hall–Kier alpha value is -2.64. The Morgan fingerprint density at radius 1 is 1.55 bits per heavy atom. The van der Waals surface area contributed by atoms with Crippen LogP contribution in [0.1, 0.15) is 12.0 Å². The lowest BCUT2D eigenvalue weighted by Gasteiger charge is -2.11. The normalized spacial score (nSPS) is 12.1. The highest BCUT2D eigenvalue weighted by Crippen LogP contribution is 2.00. The molecule has 0 unspecified atom stereocenters. The van der Waals surface area contributed by atoms with Crippen molar-refractivity contribution in [2.75, 3.05) is 7.11 Å². The lowest BCUT2D eigenvalue weighted by atomic mass is 10.2. The summed E-state index contributed by atoms with van der Waals surface area (Å²) in [6.07, 6.45) is 5.46. The van der Waals surface area contributed by atoms with E-state index in [4.69, 9.17) is 5.11 Å². The van der Waals surface area contributed by atoms with Crippen LogP contribution in [0.4, 0.5) is 0 Å². The van der Waals surface area contributed by atoms with Gasteiger partial charge in [0.05, 0.1) is 19.7 Å². The highest BCUT2D eigenvalue weighted by molar-refractivity contribution is 5.95. The molecule has 1 heterocycles. The van der Waals surface area contributed by atoms with Crippen molar-refractivity contribution in [2.45, 2.75) is 12.5 Å². The van der Waals surface area contributed by atoms with Gasteiger partial charge in [-0.05, 0) is 6.08 Å². The number of carboxylic acids is 1. The van der Waals surface area contributed by atoms with Gasteiger partial charge in [0.2, 0.25) is 5.91 Å². The molecular formula is C12H15N3O5. The average molecular weight is 281 g/mol. The third-order valence-corrected chi connectivity index (χ3v) is 2.37. The van der Waals surface area contributed by atoms with Gasteiger partial charge < -0.3 is 15.2 Å². The molecule has 2 N–H and O–H groups in total. The van der Waals surface area contributed by atoms with Gasteiger partial charge in [0, 0.05) is 24.9 Å². The van der Waals surface area contributed by atoms with Crippen molar-refractivity contribution in [1.82, 2.24) is 15.1 Å². The molecule has 1 aromatic rings. The Kier molecular flexibility index (Phi) is 5.45. The van der Waals surface area contributed by atoms with Crippen LogP contribution in [0.15, 0.2) is 18.5 Å². The first kappa shape index (κ1) is 15.4. The Labute approximate surface area is 115 Å². The third-order valence-electron chi connectivity index (χ3n) is 2.37. The zero-order chi connectivity index (χ0) is 15.1. The second-order valence-corrected chi connectivity index (χ2v) is 3.96. The van der Waals surface area contributed by atoms with E-state index in [1.54, 1.807) is 24.1 Å². The Balaban J connectivity index is 2.60. The number of aromatic nitrogens is 2. The number of amides is 1. The number of carboxylic acid groups (broad SMARTS) is 1. The number of hydrogen-bond acceptors (Lipinski definition) is 5. The highest BCUT2D eigenvalue weighted by atomic mass is 16.5. The van der Waals surface area contributed by atoms with Crippen LogP contribution in [0.2, 0.25) is 0 Å². The number of aliphatic carboxylic acids is 1. The van der Waals surface area contributed by atoms with Gasteiger partial charge >= 0.3 is 11.9 Å². The topological polar surface area (TPSA) is 111 Å². The summed E-state index contributed by atoms with van der Waals surface area (Å²) in [7, 11) is 2.87. The van der Waals surface area contributed by atoms with Gasteiger partial charge in [-0.2, -0.15) is 5.10 Å². The molecule has 0 aliphatic rings. The molecule has 0 saturated heterocycles. The smallest absolute Gasteiger partial charge is 0.326 e. The minimum atomic E-state index is -1.33. The van der Waals surface area contributed by atoms with E-state index in [0.29, 0.717) is 5.56 Å². The summed E-state index contributed by atoms with van der Waals surface area (Å²) in [6.45, 7) is 0. The maximum absolute atomic E-state index is 11.6. The number of carbonyl (C=O) groups excluding carboxylic acids is 2. The quantitative estimate of drug-likeness (QED) is 0.540. The summed E-state index contributed by atoms with van der Waals surface area (Å²) in [5.74, 6) is -2.64. The van der Waals surface area contributed by atoms with E-state index in [0.717, 1.165) is 7.11 Å². The first-order valence-electron chi connectivity index (χ1n) is 5.69. The number of nitrogens with one attached hydrogen (secondary N) is 1. The van der Waals surface area contributed by atoms with Crippen molar-refractivity contribution in [3.8, 4) is 0 Å². The summed E-state index contributed by atoms with van der Waals surface area (Å²) in [5.41, 5.74) is 0.697. The van der Waals surface area contributed by atoms with Crippen LogP contribution in [-0.2, 0) is 26.2 Å². The van der Waals surface area contributed by atoms with Crippen LogP contribution < -0.4 is 5.32 Å². The molecule has 1 amide bonds. The Morgan fingerprint density at radius 2 is 2.25 bits per heavy atom. The SMILES string of the molecule is COC(=O)C[C@H](NC(=O)C=Cc1cnn(C)c1)C(=O)O. The van der Waals surface area contributed by atoms with Crippen LogP contribution in [0, 0.1) is 0 Å².